The van der Waals surface area contributed by atoms with Crippen LogP contribution in [0.3, 0.4) is 0 Å². The Hall–Kier alpha value is -1.75. The predicted octanol–water partition coefficient (Wildman–Crippen LogP) is 5.18. The van der Waals surface area contributed by atoms with Crippen LogP contribution in [0.15, 0.2) is 18.2 Å². The molecule has 0 aromatic heterocycles. The third-order valence-electron chi connectivity index (χ3n) is 6.18. The average molecular weight is 409 g/mol. The van der Waals surface area contributed by atoms with Crippen molar-refractivity contribution < 1.29 is 24.2 Å². The summed E-state index contributed by atoms with van der Waals surface area (Å²) in [4.78, 5) is 12.9. The van der Waals surface area contributed by atoms with Gasteiger partial charge in [-0.1, -0.05) is 57.9 Å². The SMILES string of the molecule is CCCCCCCCCCOC(=O)[C@H](Cc1ccc(O)c(O)c1)[N+](C)(CC)CC. The third kappa shape index (κ3) is 8.65. The molecule has 0 aliphatic carbocycles. The van der Waals surface area contributed by atoms with Gasteiger partial charge in [0.25, 0.3) is 0 Å². The summed E-state index contributed by atoms with van der Waals surface area (Å²) in [5.41, 5.74) is 0.820. The molecule has 0 saturated heterocycles. The van der Waals surface area contributed by atoms with Gasteiger partial charge in [-0.25, -0.2) is 4.79 Å². The topological polar surface area (TPSA) is 66.8 Å². The van der Waals surface area contributed by atoms with E-state index in [1.165, 1.54) is 50.7 Å². The molecule has 1 atom stereocenters. The number of quaternary nitrogens is 1. The average Bonchev–Trinajstić information content (AvgIpc) is 2.72. The Morgan fingerprint density at radius 3 is 2.07 bits per heavy atom. The maximum atomic E-state index is 12.9. The van der Waals surface area contributed by atoms with Crippen LogP contribution in [0.2, 0.25) is 0 Å². The Balaban J connectivity index is 2.57. The molecule has 0 unspecified atom stereocenters. The van der Waals surface area contributed by atoms with Crippen LogP contribution in [0, 0.1) is 0 Å². The van der Waals surface area contributed by atoms with E-state index >= 15 is 0 Å². The van der Waals surface area contributed by atoms with E-state index in [0.717, 1.165) is 31.5 Å². The number of rotatable bonds is 15. The summed E-state index contributed by atoms with van der Waals surface area (Å²) in [5, 5.41) is 19.3. The molecular weight excluding hydrogens is 366 g/mol. The molecular formula is C24H42NO4+. The first kappa shape index (κ1) is 25.3. The number of ether oxygens (including phenoxy) is 1. The number of esters is 1. The van der Waals surface area contributed by atoms with Crippen LogP contribution in [0.1, 0.15) is 77.7 Å². The van der Waals surface area contributed by atoms with Crippen molar-refractivity contribution in [3.05, 3.63) is 23.8 Å². The van der Waals surface area contributed by atoms with Gasteiger partial charge in [0.05, 0.1) is 26.7 Å². The number of unbranched alkanes of at least 4 members (excludes halogenated alkanes) is 7. The highest BCUT2D eigenvalue weighted by Crippen LogP contribution is 2.27. The first-order valence-electron chi connectivity index (χ1n) is 11.4. The predicted molar refractivity (Wildman–Crippen MR) is 118 cm³/mol. The fraction of sp³-hybridized carbons (Fsp3) is 0.708. The van der Waals surface area contributed by atoms with Gasteiger partial charge >= 0.3 is 5.97 Å². The maximum Gasteiger partial charge on any atom is 0.365 e. The molecule has 1 rings (SSSR count). The highest BCUT2D eigenvalue weighted by atomic mass is 16.5. The minimum absolute atomic E-state index is 0.147. The second-order valence-corrected chi connectivity index (χ2v) is 8.30. The number of likely N-dealkylation sites (N-methyl/N-ethyl adjacent to an activating group) is 1. The second-order valence-electron chi connectivity index (χ2n) is 8.30. The van der Waals surface area contributed by atoms with Crippen LogP contribution in [0.25, 0.3) is 0 Å². The Kier molecular flexibility index (Phi) is 11.7. The number of carbonyl (C=O) groups excluding carboxylic acids is 1. The third-order valence-corrected chi connectivity index (χ3v) is 6.18. The minimum atomic E-state index is -0.331. The molecule has 0 aliphatic rings. The number of carbonyl (C=O) groups is 1. The van der Waals surface area contributed by atoms with Gasteiger partial charge in [0.2, 0.25) is 0 Å². The maximum absolute atomic E-state index is 12.9. The summed E-state index contributed by atoms with van der Waals surface area (Å²) in [7, 11) is 2.07. The minimum Gasteiger partial charge on any atom is -0.504 e. The molecule has 166 valence electrons. The van der Waals surface area contributed by atoms with Crippen molar-refractivity contribution >= 4 is 5.97 Å². The molecule has 0 aliphatic heterocycles. The zero-order valence-corrected chi connectivity index (χ0v) is 19.0. The van der Waals surface area contributed by atoms with Gasteiger partial charge in [-0.15, -0.1) is 0 Å². The summed E-state index contributed by atoms with van der Waals surface area (Å²) in [6, 6.07) is 4.42. The number of phenols is 2. The summed E-state index contributed by atoms with van der Waals surface area (Å²) in [6.45, 7) is 8.49. The van der Waals surface area contributed by atoms with Crippen LogP contribution in [-0.4, -0.2) is 53.5 Å². The largest absolute Gasteiger partial charge is 0.504 e. The van der Waals surface area contributed by atoms with Gasteiger partial charge in [0, 0.05) is 6.42 Å². The number of nitrogens with zero attached hydrogens (tertiary/aromatic N) is 1. The molecule has 0 amide bonds. The van der Waals surface area contributed by atoms with Crippen molar-refractivity contribution in [1.82, 2.24) is 0 Å². The Bertz CT molecular complexity index is 599. The van der Waals surface area contributed by atoms with Gasteiger partial charge in [-0.3, -0.25) is 0 Å². The van der Waals surface area contributed by atoms with Crippen molar-refractivity contribution in [1.29, 1.82) is 0 Å². The monoisotopic (exact) mass is 408 g/mol. The van der Waals surface area contributed by atoms with E-state index in [4.69, 9.17) is 4.74 Å². The molecule has 5 nitrogen and oxygen atoms in total. The molecule has 5 heteroatoms. The number of hydrogen-bond acceptors (Lipinski definition) is 4. The molecule has 2 N–H and O–H groups in total. The van der Waals surface area contributed by atoms with Crippen LogP contribution in [0.4, 0.5) is 0 Å². The lowest BCUT2D eigenvalue weighted by atomic mass is 10.0. The number of benzene rings is 1. The van der Waals surface area contributed by atoms with Crippen LogP contribution in [0.5, 0.6) is 11.5 Å². The van der Waals surface area contributed by atoms with E-state index in [2.05, 4.69) is 27.8 Å². The summed E-state index contributed by atoms with van der Waals surface area (Å²) < 4.78 is 6.24. The zero-order valence-electron chi connectivity index (χ0n) is 19.0. The highest BCUT2D eigenvalue weighted by molar-refractivity contribution is 5.75. The summed E-state index contributed by atoms with van der Waals surface area (Å²) >= 11 is 0. The van der Waals surface area contributed by atoms with Crippen LogP contribution in [-0.2, 0) is 16.0 Å². The lowest BCUT2D eigenvalue weighted by Gasteiger charge is -2.38. The van der Waals surface area contributed by atoms with Gasteiger partial charge in [-0.2, -0.15) is 0 Å². The fourth-order valence-electron chi connectivity index (χ4n) is 3.65. The fourth-order valence-corrected chi connectivity index (χ4v) is 3.65. The molecule has 29 heavy (non-hydrogen) atoms. The Labute approximate surface area is 177 Å². The smallest absolute Gasteiger partial charge is 0.365 e. The van der Waals surface area contributed by atoms with Crippen LogP contribution >= 0.6 is 0 Å². The van der Waals surface area contributed by atoms with Crippen molar-refractivity contribution in [2.24, 2.45) is 0 Å². The number of aromatic hydroxyl groups is 2. The number of hydrogen-bond donors (Lipinski definition) is 2. The number of phenolic OH excluding ortho intramolecular Hbond substituents is 2. The molecule has 0 saturated carbocycles. The van der Waals surface area contributed by atoms with E-state index in [1.807, 2.05) is 0 Å². The highest BCUT2D eigenvalue weighted by Gasteiger charge is 2.37. The lowest BCUT2D eigenvalue weighted by molar-refractivity contribution is -0.921. The molecule has 1 aromatic carbocycles. The first-order valence-corrected chi connectivity index (χ1v) is 11.4. The van der Waals surface area contributed by atoms with Crippen molar-refractivity contribution in [2.45, 2.75) is 84.6 Å². The van der Waals surface area contributed by atoms with Gasteiger partial charge in [0.15, 0.2) is 17.5 Å². The van der Waals surface area contributed by atoms with Crippen molar-refractivity contribution in [3.8, 4) is 11.5 Å². The van der Waals surface area contributed by atoms with E-state index in [1.54, 1.807) is 6.07 Å². The van der Waals surface area contributed by atoms with E-state index in [0.29, 0.717) is 17.5 Å². The quantitative estimate of drug-likeness (QED) is 0.182. The normalized spacial score (nSPS) is 12.7. The summed E-state index contributed by atoms with van der Waals surface area (Å²) in [5.74, 6) is -0.478. The van der Waals surface area contributed by atoms with Crippen molar-refractivity contribution in [2.75, 3.05) is 26.7 Å². The zero-order chi connectivity index (χ0) is 21.7. The van der Waals surface area contributed by atoms with E-state index in [-0.39, 0.29) is 23.5 Å². The molecule has 0 bridgehead atoms. The van der Waals surface area contributed by atoms with E-state index < -0.39 is 0 Å². The molecule has 0 spiro atoms. The molecule has 1 aromatic rings. The van der Waals surface area contributed by atoms with Gasteiger partial charge in [-0.05, 0) is 38.0 Å². The Morgan fingerprint density at radius 1 is 0.931 bits per heavy atom. The standard InChI is InChI=1S/C24H41NO4/c1-5-8-9-10-11-12-13-14-17-29-24(28)21(25(4,6-2)7-3)18-20-15-16-22(26)23(27)19-20/h15-16,19,21H,5-14,17-18H2,1-4H3,(H-,26,27)/p+1/t21-/m0/s1. The molecule has 0 fully saturated rings. The molecule has 0 heterocycles. The Morgan fingerprint density at radius 2 is 1.52 bits per heavy atom. The van der Waals surface area contributed by atoms with Gasteiger partial charge in [0.1, 0.15) is 0 Å². The van der Waals surface area contributed by atoms with Gasteiger partial charge < -0.3 is 19.4 Å². The van der Waals surface area contributed by atoms with Crippen LogP contribution < -0.4 is 0 Å². The first-order chi connectivity index (χ1) is 13.9. The van der Waals surface area contributed by atoms with Crippen molar-refractivity contribution in [3.63, 3.8) is 0 Å². The lowest BCUT2D eigenvalue weighted by Crippen LogP contribution is -2.57. The summed E-state index contributed by atoms with van der Waals surface area (Å²) in [6.07, 6.45) is 10.2. The second kappa shape index (κ2) is 13.5. The molecule has 0 radical (unpaired) electrons. The van der Waals surface area contributed by atoms with E-state index in [9.17, 15) is 15.0 Å².